The standard InChI is InChI=1S/C8H9NO.C5H5N/c1-6-4-2-3-5-7(6)8(9)10;1-2-4-6-5-3-1/h2-5H,1H3,(H2,9,10);1-5H. The van der Waals surface area contributed by atoms with Crippen molar-refractivity contribution in [2.24, 2.45) is 5.73 Å². The topological polar surface area (TPSA) is 56.0 Å². The Kier molecular flexibility index (Phi) is 4.73. The number of rotatable bonds is 1. The Morgan fingerprint density at radius 3 is 2.00 bits per heavy atom. The van der Waals surface area contributed by atoms with Crippen LogP contribution in [0.3, 0.4) is 0 Å². The fourth-order valence-electron chi connectivity index (χ4n) is 1.16. The summed E-state index contributed by atoms with van der Waals surface area (Å²) in [6, 6.07) is 13.0. The third-order valence-electron chi connectivity index (χ3n) is 1.98. The molecule has 0 radical (unpaired) electrons. The summed E-state index contributed by atoms with van der Waals surface area (Å²) >= 11 is 0. The number of benzene rings is 1. The van der Waals surface area contributed by atoms with E-state index in [-0.39, 0.29) is 5.91 Å². The highest BCUT2D eigenvalue weighted by Crippen LogP contribution is 2.04. The summed E-state index contributed by atoms with van der Waals surface area (Å²) in [4.78, 5) is 14.4. The molecule has 0 bridgehead atoms. The highest BCUT2D eigenvalue weighted by molar-refractivity contribution is 5.94. The van der Waals surface area contributed by atoms with Crippen molar-refractivity contribution < 1.29 is 4.79 Å². The van der Waals surface area contributed by atoms with Gasteiger partial charge in [0.1, 0.15) is 0 Å². The molecule has 1 amide bonds. The normalized spacial score (nSPS) is 8.81. The van der Waals surface area contributed by atoms with Gasteiger partial charge in [0.15, 0.2) is 0 Å². The molecule has 0 saturated carbocycles. The molecule has 0 aliphatic heterocycles. The highest BCUT2D eigenvalue weighted by Gasteiger charge is 2.00. The number of hydrogen-bond acceptors (Lipinski definition) is 2. The van der Waals surface area contributed by atoms with Crippen molar-refractivity contribution in [3.05, 3.63) is 66.0 Å². The molecule has 3 nitrogen and oxygen atoms in total. The molecule has 0 aliphatic carbocycles. The van der Waals surface area contributed by atoms with Crippen LogP contribution >= 0.6 is 0 Å². The van der Waals surface area contributed by atoms with Gasteiger partial charge in [-0.3, -0.25) is 9.78 Å². The van der Waals surface area contributed by atoms with Crippen LogP contribution in [0.25, 0.3) is 0 Å². The molecule has 2 N–H and O–H groups in total. The van der Waals surface area contributed by atoms with Gasteiger partial charge in [-0.2, -0.15) is 0 Å². The van der Waals surface area contributed by atoms with Gasteiger partial charge in [-0.25, -0.2) is 0 Å². The summed E-state index contributed by atoms with van der Waals surface area (Å²) < 4.78 is 0. The maximum atomic E-state index is 10.6. The molecule has 0 saturated heterocycles. The van der Waals surface area contributed by atoms with Crippen molar-refractivity contribution in [3.63, 3.8) is 0 Å². The van der Waals surface area contributed by atoms with Gasteiger partial charge in [-0.1, -0.05) is 24.3 Å². The molecule has 0 unspecified atom stereocenters. The zero-order valence-corrected chi connectivity index (χ0v) is 9.13. The first kappa shape index (κ1) is 11.9. The van der Waals surface area contributed by atoms with Gasteiger partial charge in [-0.15, -0.1) is 0 Å². The lowest BCUT2D eigenvalue weighted by Crippen LogP contribution is -2.12. The van der Waals surface area contributed by atoms with Crippen LogP contribution in [-0.2, 0) is 0 Å². The minimum Gasteiger partial charge on any atom is -0.366 e. The molecule has 1 aromatic heterocycles. The second kappa shape index (κ2) is 6.35. The molecule has 82 valence electrons. The summed E-state index contributed by atoms with van der Waals surface area (Å²) in [6.45, 7) is 1.86. The molecule has 1 aromatic carbocycles. The van der Waals surface area contributed by atoms with Crippen LogP contribution in [0.4, 0.5) is 0 Å². The third kappa shape index (κ3) is 3.92. The minimum absolute atomic E-state index is 0.363. The van der Waals surface area contributed by atoms with E-state index in [1.165, 1.54) is 0 Å². The Bertz CT molecular complexity index is 414. The van der Waals surface area contributed by atoms with E-state index in [0.717, 1.165) is 5.56 Å². The first-order valence-electron chi connectivity index (χ1n) is 4.92. The number of amides is 1. The first-order chi connectivity index (χ1) is 7.72. The Morgan fingerprint density at radius 1 is 1.06 bits per heavy atom. The Balaban J connectivity index is 0.000000181. The third-order valence-corrected chi connectivity index (χ3v) is 1.98. The number of aryl methyl sites for hydroxylation is 1. The average molecular weight is 214 g/mol. The molecule has 0 fully saturated rings. The van der Waals surface area contributed by atoms with Crippen LogP contribution in [0, 0.1) is 6.92 Å². The van der Waals surface area contributed by atoms with E-state index in [0.29, 0.717) is 5.56 Å². The molecule has 1 heterocycles. The minimum atomic E-state index is -0.363. The Morgan fingerprint density at radius 2 is 1.69 bits per heavy atom. The zero-order chi connectivity index (χ0) is 11.8. The van der Waals surface area contributed by atoms with Crippen LogP contribution in [0.2, 0.25) is 0 Å². The summed E-state index contributed by atoms with van der Waals surface area (Å²) in [5.74, 6) is -0.363. The molecule has 2 rings (SSSR count). The van der Waals surface area contributed by atoms with Crippen molar-refractivity contribution in [2.75, 3.05) is 0 Å². The van der Waals surface area contributed by atoms with Gasteiger partial charge in [0.05, 0.1) is 0 Å². The average Bonchev–Trinajstić information content (AvgIpc) is 2.32. The number of nitrogens with zero attached hydrogens (tertiary/aromatic N) is 1. The van der Waals surface area contributed by atoms with E-state index in [2.05, 4.69) is 4.98 Å². The van der Waals surface area contributed by atoms with Gasteiger partial charge >= 0.3 is 0 Å². The summed E-state index contributed by atoms with van der Waals surface area (Å²) in [5, 5.41) is 0. The maximum Gasteiger partial charge on any atom is 0.248 e. The number of nitrogens with two attached hydrogens (primary N) is 1. The number of aromatic nitrogens is 1. The van der Waals surface area contributed by atoms with Crippen molar-refractivity contribution in [2.45, 2.75) is 6.92 Å². The summed E-state index contributed by atoms with van der Waals surface area (Å²) in [6.07, 6.45) is 3.50. The predicted octanol–water partition coefficient (Wildman–Crippen LogP) is 2.18. The van der Waals surface area contributed by atoms with Crippen molar-refractivity contribution in [1.29, 1.82) is 0 Å². The van der Waals surface area contributed by atoms with Crippen molar-refractivity contribution in [1.82, 2.24) is 4.98 Å². The first-order valence-corrected chi connectivity index (χ1v) is 4.92. The molecule has 0 atom stereocenters. The number of primary amides is 1. The van der Waals surface area contributed by atoms with Crippen LogP contribution in [0.15, 0.2) is 54.9 Å². The quantitative estimate of drug-likeness (QED) is 0.791. The lowest BCUT2D eigenvalue weighted by Gasteiger charge is -1.97. The van der Waals surface area contributed by atoms with E-state index >= 15 is 0 Å². The zero-order valence-electron chi connectivity index (χ0n) is 9.13. The molecule has 0 aliphatic rings. The van der Waals surface area contributed by atoms with Crippen molar-refractivity contribution in [3.8, 4) is 0 Å². The fourth-order valence-corrected chi connectivity index (χ4v) is 1.16. The number of pyridine rings is 1. The van der Waals surface area contributed by atoms with E-state index in [1.807, 2.05) is 37.3 Å². The van der Waals surface area contributed by atoms with Crippen LogP contribution in [0.1, 0.15) is 15.9 Å². The fraction of sp³-hybridized carbons (Fsp3) is 0.0769. The summed E-state index contributed by atoms with van der Waals surface area (Å²) in [7, 11) is 0. The molecule has 3 heteroatoms. The Labute approximate surface area is 94.9 Å². The second-order valence-corrected chi connectivity index (χ2v) is 3.20. The lowest BCUT2D eigenvalue weighted by atomic mass is 10.1. The van der Waals surface area contributed by atoms with Gasteiger partial charge in [-0.05, 0) is 30.7 Å². The van der Waals surface area contributed by atoms with Gasteiger partial charge in [0, 0.05) is 18.0 Å². The SMILES string of the molecule is Cc1ccccc1C(N)=O.c1ccncc1. The molecular formula is C13H14N2O. The Hall–Kier alpha value is -2.16. The summed E-state index contributed by atoms with van der Waals surface area (Å²) in [5.41, 5.74) is 6.60. The second-order valence-electron chi connectivity index (χ2n) is 3.20. The monoisotopic (exact) mass is 214 g/mol. The van der Waals surface area contributed by atoms with E-state index in [1.54, 1.807) is 24.5 Å². The van der Waals surface area contributed by atoms with E-state index in [4.69, 9.17) is 5.73 Å². The predicted molar refractivity (Wildman–Crippen MR) is 63.9 cm³/mol. The molecule has 0 spiro atoms. The number of carbonyl (C=O) groups excluding carboxylic acids is 1. The van der Waals surface area contributed by atoms with E-state index < -0.39 is 0 Å². The number of carbonyl (C=O) groups is 1. The van der Waals surface area contributed by atoms with Crippen LogP contribution < -0.4 is 5.73 Å². The van der Waals surface area contributed by atoms with E-state index in [9.17, 15) is 4.79 Å². The van der Waals surface area contributed by atoms with Crippen molar-refractivity contribution >= 4 is 5.91 Å². The van der Waals surface area contributed by atoms with Crippen LogP contribution in [0.5, 0.6) is 0 Å². The largest absolute Gasteiger partial charge is 0.366 e. The number of hydrogen-bond donors (Lipinski definition) is 1. The molecule has 2 aromatic rings. The van der Waals surface area contributed by atoms with Gasteiger partial charge in [0.25, 0.3) is 0 Å². The van der Waals surface area contributed by atoms with Gasteiger partial charge < -0.3 is 5.73 Å². The molecular weight excluding hydrogens is 200 g/mol. The molecule has 16 heavy (non-hydrogen) atoms. The lowest BCUT2D eigenvalue weighted by molar-refractivity contribution is 0.0999. The highest BCUT2D eigenvalue weighted by atomic mass is 16.1. The smallest absolute Gasteiger partial charge is 0.248 e. The van der Waals surface area contributed by atoms with Crippen LogP contribution in [-0.4, -0.2) is 10.9 Å². The van der Waals surface area contributed by atoms with Gasteiger partial charge in [0.2, 0.25) is 5.91 Å². The maximum absolute atomic E-state index is 10.6.